The summed E-state index contributed by atoms with van der Waals surface area (Å²) in [6, 6.07) is 1.18. The first kappa shape index (κ1) is 11.5. The predicted octanol–water partition coefficient (Wildman–Crippen LogP) is 2.03. The molecule has 0 heterocycles. The van der Waals surface area contributed by atoms with Crippen molar-refractivity contribution >= 4 is 17.7 Å². The van der Waals surface area contributed by atoms with Crippen molar-refractivity contribution < 1.29 is 19.0 Å². The van der Waals surface area contributed by atoms with E-state index in [1.54, 1.807) is 0 Å². The van der Waals surface area contributed by atoms with Crippen molar-refractivity contribution in [2.45, 2.75) is 6.54 Å². The van der Waals surface area contributed by atoms with Gasteiger partial charge in [-0.25, -0.2) is 14.2 Å². The molecule has 0 bridgehead atoms. The van der Waals surface area contributed by atoms with E-state index >= 15 is 0 Å². The molecule has 4 nitrogen and oxygen atoms in total. The van der Waals surface area contributed by atoms with Crippen molar-refractivity contribution in [2.24, 2.45) is 4.99 Å². The molecule has 0 aromatic heterocycles. The van der Waals surface area contributed by atoms with Crippen LogP contribution in [0.3, 0.4) is 0 Å². The normalized spacial score (nSPS) is 9.53. The van der Waals surface area contributed by atoms with Gasteiger partial charge in [-0.1, -0.05) is 11.6 Å². The maximum Gasteiger partial charge on any atom is 0.235 e. The molecule has 0 aliphatic carbocycles. The zero-order chi connectivity index (χ0) is 11.4. The molecule has 6 heteroatoms. The highest BCUT2D eigenvalue weighted by Gasteiger charge is 2.17. The Morgan fingerprint density at radius 3 is 2.93 bits per heavy atom. The minimum atomic E-state index is -0.851. The van der Waals surface area contributed by atoms with Crippen molar-refractivity contribution in [2.75, 3.05) is 7.11 Å². The fourth-order valence-electron chi connectivity index (χ4n) is 1.07. The van der Waals surface area contributed by atoms with Gasteiger partial charge in [-0.3, -0.25) is 0 Å². The minimum absolute atomic E-state index is 0.133. The molecule has 1 N–H and O–H groups in total. The molecule has 0 atom stereocenters. The second-order valence-electron chi connectivity index (χ2n) is 2.62. The van der Waals surface area contributed by atoms with Crippen molar-refractivity contribution in [1.82, 2.24) is 0 Å². The van der Waals surface area contributed by atoms with E-state index in [2.05, 4.69) is 9.73 Å². The molecule has 0 radical (unpaired) electrons. The molecule has 0 saturated heterocycles. The monoisotopic (exact) mass is 231 g/mol. The Morgan fingerprint density at radius 2 is 2.40 bits per heavy atom. The number of benzene rings is 1. The first-order valence-electron chi connectivity index (χ1n) is 3.89. The number of isocyanates is 1. The quantitative estimate of drug-likeness (QED) is 0.640. The van der Waals surface area contributed by atoms with Gasteiger partial charge in [0.2, 0.25) is 6.08 Å². The van der Waals surface area contributed by atoms with E-state index in [9.17, 15) is 14.3 Å². The summed E-state index contributed by atoms with van der Waals surface area (Å²) in [7, 11) is 1.20. The summed E-state index contributed by atoms with van der Waals surface area (Å²) >= 11 is 5.54. The molecule has 80 valence electrons. The molecule has 1 aromatic carbocycles. The number of ether oxygens (including phenoxy) is 1. The summed E-state index contributed by atoms with van der Waals surface area (Å²) < 4.78 is 17.9. The van der Waals surface area contributed by atoms with E-state index in [4.69, 9.17) is 11.6 Å². The van der Waals surface area contributed by atoms with Crippen LogP contribution in [0.15, 0.2) is 11.1 Å². The van der Waals surface area contributed by atoms with Crippen LogP contribution in [-0.2, 0) is 11.3 Å². The average molecular weight is 232 g/mol. The molecule has 0 spiro atoms. The van der Waals surface area contributed by atoms with Crippen LogP contribution in [-0.4, -0.2) is 18.3 Å². The second kappa shape index (κ2) is 4.77. The summed E-state index contributed by atoms with van der Waals surface area (Å²) in [5.74, 6) is -1.63. The van der Waals surface area contributed by atoms with Crippen LogP contribution in [0.4, 0.5) is 4.39 Å². The maximum absolute atomic E-state index is 13.2. The van der Waals surface area contributed by atoms with Crippen LogP contribution in [0, 0.1) is 5.82 Å². The van der Waals surface area contributed by atoms with Gasteiger partial charge in [0.1, 0.15) is 0 Å². The SMILES string of the molecule is COc1c(O)c(CN=C=O)cc(Cl)c1F. The number of carbonyl (C=O) groups excluding carboxylic acids is 1. The van der Waals surface area contributed by atoms with Crippen LogP contribution in [0.2, 0.25) is 5.02 Å². The Kier molecular flexibility index (Phi) is 3.66. The number of nitrogens with zero attached hydrogens (tertiary/aromatic N) is 1. The molecule has 1 aromatic rings. The van der Waals surface area contributed by atoms with E-state index in [-0.39, 0.29) is 22.9 Å². The van der Waals surface area contributed by atoms with Gasteiger partial charge in [0.15, 0.2) is 17.3 Å². The zero-order valence-corrected chi connectivity index (χ0v) is 8.51. The standard InChI is InChI=1S/C9H7ClFNO3/c1-15-9-7(11)6(10)2-5(8(9)14)3-12-4-13/h2,14H,3H2,1H3. The summed E-state index contributed by atoms with van der Waals surface area (Å²) in [6.45, 7) is -0.133. The molecule has 1 rings (SSSR count). The van der Waals surface area contributed by atoms with Gasteiger partial charge in [-0.05, 0) is 6.07 Å². The molecule has 0 aliphatic rings. The number of phenolic OH excluding ortho intramolecular Hbond substituents is 1. The molecular formula is C9H7ClFNO3. The van der Waals surface area contributed by atoms with Crippen LogP contribution in [0.1, 0.15) is 5.56 Å². The number of halogens is 2. The number of phenols is 1. The minimum Gasteiger partial charge on any atom is -0.504 e. The number of rotatable bonds is 3. The van der Waals surface area contributed by atoms with Crippen molar-refractivity contribution in [3.8, 4) is 11.5 Å². The first-order valence-corrected chi connectivity index (χ1v) is 4.27. The zero-order valence-electron chi connectivity index (χ0n) is 7.75. The van der Waals surface area contributed by atoms with Crippen LogP contribution < -0.4 is 4.74 Å². The fraction of sp³-hybridized carbons (Fsp3) is 0.222. The third-order valence-corrected chi connectivity index (χ3v) is 2.02. The Hall–Kier alpha value is -1.58. The Balaban J connectivity index is 3.29. The van der Waals surface area contributed by atoms with Gasteiger partial charge in [0.25, 0.3) is 0 Å². The van der Waals surface area contributed by atoms with Crippen molar-refractivity contribution in [1.29, 1.82) is 0 Å². The molecule has 0 unspecified atom stereocenters. The maximum atomic E-state index is 13.2. The highest BCUT2D eigenvalue weighted by Crippen LogP contribution is 2.37. The number of hydrogen-bond acceptors (Lipinski definition) is 4. The number of aromatic hydroxyl groups is 1. The number of hydrogen-bond donors (Lipinski definition) is 1. The lowest BCUT2D eigenvalue weighted by Crippen LogP contribution is -1.94. The lowest BCUT2D eigenvalue weighted by Gasteiger charge is -2.09. The molecule has 0 saturated carbocycles. The molecular weight excluding hydrogens is 225 g/mol. The first-order chi connectivity index (χ1) is 7.11. The van der Waals surface area contributed by atoms with Gasteiger partial charge in [0.05, 0.1) is 18.7 Å². The van der Waals surface area contributed by atoms with Gasteiger partial charge < -0.3 is 9.84 Å². The van der Waals surface area contributed by atoms with Crippen LogP contribution >= 0.6 is 11.6 Å². The van der Waals surface area contributed by atoms with E-state index < -0.39 is 11.6 Å². The number of aliphatic imine (C=N–C) groups is 1. The highest BCUT2D eigenvalue weighted by atomic mass is 35.5. The van der Waals surface area contributed by atoms with E-state index in [0.717, 1.165) is 0 Å². The summed E-state index contributed by atoms with van der Waals surface area (Å²) in [4.78, 5) is 13.1. The third kappa shape index (κ3) is 2.26. The van der Waals surface area contributed by atoms with Crippen molar-refractivity contribution in [3.63, 3.8) is 0 Å². The Labute approximate surface area is 90.0 Å². The lowest BCUT2D eigenvalue weighted by atomic mass is 10.2. The topological polar surface area (TPSA) is 58.9 Å². The fourth-order valence-corrected chi connectivity index (χ4v) is 1.28. The average Bonchev–Trinajstić information content (AvgIpc) is 2.22. The molecule has 0 amide bonds. The highest BCUT2D eigenvalue weighted by molar-refractivity contribution is 6.31. The summed E-state index contributed by atoms with van der Waals surface area (Å²) in [5.41, 5.74) is 0.196. The lowest BCUT2D eigenvalue weighted by molar-refractivity contribution is 0.349. The van der Waals surface area contributed by atoms with E-state index in [1.165, 1.54) is 19.3 Å². The van der Waals surface area contributed by atoms with Crippen LogP contribution in [0.25, 0.3) is 0 Å². The Morgan fingerprint density at radius 1 is 1.73 bits per heavy atom. The predicted molar refractivity (Wildman–Crippen MR) is 51.5 cm³/mol. The van der Waals surface area contributed by atoms with Gasteiger partial charge >= 0.3 is 0 Å². The van der Waals surface area contributed by atoms with Crippen molar-refractivity contribution in [3.05, 3.63) is 22.5 Å². The third-order valence-electron chi connectivity index (χ3n) is 1.75. The largest absolute Gasteiger partial charge is 0.504 e. The molecule has 0 aliphatic heterocycles. The number of methoxy groups -OCH3 is 1. The van der Waals surface area contributed by atoms with Gasteiger partial charge in [-0.15, -0.1) is 0 Å². The van der Waals surface area contributed by atoms with Gasteiger partial charge in [0, 0.05) is 5.56 Å². The molecule has 0 fully saturated rings. The van der Waals surface area contributed by atoms with Gasteiger partial charge in [-0.2, -0.15) is 0 Å². The summed E-state index contributed by atoms with van der Waals surface area (Å²) in [6.07, 6.45) is 1.30. The Bertz CT molecular complexity index is 430. The molecule has 15 heavy (non-hydrogen) atoms. The second-order valence-corrected chi connectivity index (χ2v) is 3.03. The van der Waals surface area contributed by atoms with E-state index in [1.807, 2.05) is 0 Å². The summed E-state index contributed by atoms with van der Waals surface area (Å²) in [5, 5.41) is 9.30. The van der Waals surface area contributed by atoms with Crippen LogP contribution in [0.5, 0.6) is 11.5 Å². The van der Waals surface area contributed by atoms with E-state index in [0.29, 0.717) is 0 Å². The smallest absolute Gasteiger partial charge is 0.235 e.